The predicted molar refractivity (Wildman–Crippen MR) is 88.2 cm³/mol. The number of halogens is 1. The number of pyridine rings is 1. The lowest BCUT2D eigenvalue weighted by molar-refractivity contribution is 0.102. The average molecular weight is 340 g/mol. The lowest BCUT2D eigenvalue weighted by atomic mass is 10.3. The van der Waals surface area contributed by atoms with Gasteiger partial charge >= 0.3 is 0 Å². The van der Waals surface area contributed by atoms with Crippen LogP contribution in [-0.2, 0) is 0 Å². The largest absolute Gasteiger partial charge is 0.358 e. The van der Waals surface area contributed by atoms with Crippen LogP contribution in [0.25, 0.3) is 17.0 Å². The number of aromatic nitrogens is 6. The maximum Gasteiger partial charge on any atom is 0.276 e. The second-order valence-electron chi connectivity index (χ2n) is 4.90. The zero-order valence-corrected chi connectivity index (χ0v) is 12.9. The van der Waals surface area contributed by atoms with Crippen molar-refractivity contribution in [2.24, 2.45) is 0 Å². The molecule has 0 saturated heterocycles. The molecule has 0 aliphatic carbocycles. The summed E-state index contributed by atoms with van der Waals surface area (Å²) in [6.45, 7) is 0. The predicted octanol–water partition coefficient (Wildman–Crippen LogP) is 2.44. The van der Waals surface area contributed by atoms with E-state index in [1.807, 2.05) is 0 Å². The van der Waals surface area contributed by atoms with Crippen LogP contribution in [-0.4, -0.2) is 35.4 Å². The molecule has 0 bridgehead atoms. The molecule has 4 heterocycles. The van der Waals surface area contributed by atoms with Crippen molar-refractivity contribution in [2.75, 3.05) is 5.32 Å². The maximum atomic E-state index is 12.6. The molecule has 4 rings (SSSR count). The molecule has 4 aromatic heterocycles. The third-order valence-electron chi connectivity index (χ3n) is 3.33. The number of carbonyl (C=O) groups is 1. The number of amides is 1. The fourth-order valence-corrected chi connectivity index (χ4v) is 2.43. The van der Waals surface area contributed by atoms with Gasteiger partial charge in [0, 0.05) is 30.5 Å². The number of carbonyl (C=O) groups excluding carboxylic acids is 1. The first-order chi connectivity index (χ1) is 11.7. The summed E-state index contributed by atoms with van der Waals surface area (Å²) < 4.78 is 1.63. The second kappa shape index (κ2) is 5.74. The first-order valence-electron chi connectivity index (χ1n) is 6.97. The number of anilines is 1. The Morgan fingerprint density at radius 2 is 2.17 bits per heavy atom. The Morgan fingerprint density at radius 3 is 2.96 bits per heavy atom. The van der Waals surface area contributed by atoms with Crippen molar-refractivity contribution in [1.82, 2.24) is 29.5 Å². The molecule has 0 aliphatic heterocycles. The number of imidazole rings is 1. The summed E-state index contributed by atoms with van der Waals surface area (Å²) in [6, 6.07) is 4.98. The van der Waals surface area contributed by atoms with E-state index in [4.69, 9.17) is 11.6 Å². The Bertz CT molecular complexity index is 1030. The Morgan fingerprint density at radius 1 is 1.25 bits per heavy atom. The van der Waals surface area contributed by atoms with Crippen molar-refractivity contribution >= 4 is 34.2 Å². The second-order valence-corrected chi connectivity index (χ2v) is 5.29. The third-order valence-corrected chi connectivity index (χ3v) is 3.54. The molecule has 0 aliphatic rings. The highest BCUT2D eigenvalue weighted by molar-refractivity contribution is 6.29. The monoisotopic (exact) mass is 339 g/mol. The third kappa shape index (κ3) is 2.59. The van der Waals surface area contributed by atoms with Crippen LogP contribution >= 0.6 is 11.6 Å². The number of hydrogen-bond acceptors (Lipinski definition) is 5. The quantitative estimate of drug-likeness (QED) is 0.558. The fraction of sp³-hybridized carbons (Fsp3) is 0. The van der Waals surface area contributed by atoms with Gasteiger partial charge in [0.15, 0.2) is 5.69 Å². The topological polar surface area (TPSA) is 101 Å². The van der Waals surface area contributed by atoms with Crippen molar-refractivity contribution in [1.29, 1.82) is 0 Å². The van der Waals surface area contributed by atoms with Crippen LogP contribution in [0.4, 0.5) is 5.69 Å². The van der Waals surface area contributed by atoms with Crippen molar-refractivity contribution < 1.29 is 4.79 Å². The van der Waals surface area contributed by atoms with Crippen LogP contribution in [0.1, 0.15) is 10.5 Å². The molecule has 9 heteroatoms. The van der Waals surface area contributed by atoms with E-state index in [1.165, 1.54) is 6.20 Å². The maximum absolute atomic E-state index is 12.6. The first kappa shape index (κ1) is 14.3. The van der Waals surface area contributed by atoms with Gasteiger partial charge in [-0.2, -0.15) is 0 Å². The van der Waals surface area contributed by atoms with Gasteiger partial charge in [-0.1, -0.05) is 11.6 Å². The van der Waals surface area contributed by atoms with Crippen LogP contribution in [0.2, 0.25) is 5.15 Å². The Labute approximate surface area is 140 Å². The zero-order valence-electron chi connectivity index (χ0n) is 12.1. The van der Waals surface area contributed by atoms with Crippen molar-refractivity contribution in [2.45, 2.75) is 0 Å². The Balaban J connectivity index is 1.77. The molecule has 8 nitrogen and oxygen atoms in total. The molecule has 0 atom stereocenters. The summed E-state index contributed by atoms with van der Waals surface area (Å²) in [4.78, 5) is 32.3. The van der Waals surface area contributed by atoms with Gasteiger partial charge < -0.3 is 10.3 Å². The number of hydrogen-bond donors (Lipinski definition) is 2. The minimum Gasteiger partial charge on any atom is -0.358 e. The van der Waals surface area contributed by atoms with Crippen LogP contribution in [0.15, 0.2) is 49.3 Å². The molecule has 0 saturated carbocycles. The molecular weight excluding hydrogens is 330 g/mol. The van der Waals surface area contributed by atoms with E-state index in [0.29, 0.717) is 27.8 Å². The number of aromatic amines is 1. The van der Waals surface area contributed by atoms with Gasteiger partial charge in [-0.15, -0.1) is 0 Å². The van der Waals surface area contributed by atoms with Gasteiger partial charge in [0.25, 0.3) is 5.91 Å². The number of rotatable bonds is 3. The minimum absolute atomic E-state index is 0.224. The summed E-state index contributed by atoms with van der Waals surface area (Å²) in [5, 5.41) is 3.05. The smallest absolute Gasteiger partial charge is 0.276 e. The standard InChI is InChI=1S/C15H10ClN7O/c16-11-7-9(1-3-18-11)20-14(24)13-12-10(2-4-19-12)21-15(22-13)23-6-5-17-8-23/h1-8,19H,(H,18,20,24). The van der Waals surface area contributed by atoms with E-state index in [-0.39, 0.29) is 11.6 Å². The molecule has 0 radical (unpaired) electrons. The summed E-state index contributed by atoms with van der Waals surface area (Å²) in [7, 11) is 0. The number of nitrogens with zero attached hydrogens (tertiary/aromatic N) is 5. The Hall–Kier alpha value is -3.26. The fourth-order valence-electron chi connectivity index (χ4n) is 2.26. The molecule has 0 fully saturated rings. The molecule has 24 heavy (non-hydrogen) atoms. The van der Waals surface area contributed by atoms with Crippen LogP contribution in [0.5, 0.6) is 0 Å². The molecule has 0 unspecified atom stereocenters. The van der Waals surface area contributed by atoms with E-state index in [0.717, 1.165) is 0 Å². The van der Waals surface area contributed by atoms with Crippen molar-refractivity contribution in [3.8, 4) is 5.95 Å². The van der Waals surface area contributed by atoms with Gasteiger partial charge in [-0.25, -0.2) is 19.9 Å². The molecule has 2 N–H and O–H groups in total. The first-order valence-corrected chi connectivity index (χ1v) is 7.35. The van der Waals surface area contributed by atoms with Crippen LogP contribution < -0.4 is 5.32 Å². The highest BCUT2D eigenvalue weighted by Gasteiger charge is 2.17. The SMILES string of the molecule is O=C(Nc1ccnc(Cl)c1)c1nc(-n2ccnc2)nc2cc[nH]c12. The minimum atomic E-state index is -0.381. The molecule has 0 spiro atoms. The summed E-state index contributed by atoms with van der Waals surface area (Å²) in [5.41, 5.74) is 1.94. The normalized spacial score (nSPS) is 10.9. The van der Waals surface area contributed by atoms with E-state index in [9.17, 15) is 4.79 Å². The number of H-pyrrole nitrogens is 1. The van der Waals surface area contributed by atoms with Crippen molar-refractivity contribution in [3.63, 3.8) is 0 Å². The zero-order chi connectivity index (χ0) is 16.5. The summed E-state index contributed by atoms with van der Waals surface area (Å²) in [6.07, 6.45) is 8.11. The molecule has 4 aromatic rings. The van der Waals surface area contributed by atoms with Gasteiger partial charge in [-0.05, 0) is 18.2 Å². The summed E-state index contributed by atoms with van der Waals surface area (Å²) in [5.74, 6) is -0.0222. The van der Waals surface area contributed by atoms with Crippen LogP contribution in [0, 0.1) is 0 Å². The number of fused-ring (bicyclic) bond motifs is 1. The average Bonchev–Trinajstić information content (AvgIpc) is 3.25. The highest BCUT2D eigenvalue weighted by Crippen LogP contribution is 2.18. The Kier molecular flexibility index (Phi) is 3.43. The summed E-state index contributed by atoms with van der Waals surface area (Å²) >= 11 is 5.84. The van der Waals surface area contributed by atoms with Gasteiger partial charge in [0.1, 0.15) is 11.5 Å². The molecule has 118 valence electrons. The highest BCUT2D eigenvalue weighted by atomic mass is 35.5. The molecular formula is C15H10ClN7O. The lowest BCUT2D eigenvalue weighted by Gasteiger charge is -2.08. The molecule has 0 aromatic carbocycles. The van der Waals surface area contributed by atoms with Gasteiger partial charge in [0.2, 0.25) is 5.95 Å². The van der Waals surface area contributed by atoms with E-state index < -0.39 is 0 Å². The lowest BCUT2D eigenvalue weighted by Crippen LogP contribution is -2.16. The van der Waals surface area contributed by atoms with Gasteiger partial charge in [-0.3, -0.25) is 9.36 Å². The molecule has 1 amide bonds. The van der Waals surface area contributed by atoms with Crippen molar-refractivity contribution in [3.05, 3.63) is 60.2 Å². The van der Waals surface area contributed by atoms with E-state index >= 15 is 0 Å². The van der Waals surface area contributed by atoms with Crippen LogP contribution in [0.3, 0.4) is 0 Å². The number of nitrogens with one attached hydrogen (secondary N) is 2. The van der Waals surface area contributed by atoms with Gasteiger partial charge in [0.05, 0.1) is 11.0 Å². The van der Waals surface area contributed by atoms with E-state index in [1.54, 1.807) is 47.7 Å². The van der Waals surface area contributed by atoms with E-state index in [2.05, 4.69) is 30.2 Å².